The van der Waals surface area contributed by atoms with Crippen LogP contribution in [0.25, 0.3) is 0 Å². The van der Waals surface area contributed by atoms with Gasteiger partial charge in [-0.15, -0.1) is 0 Å². The Labute approximate surface area is 76.3 Å². The molecule has 0 spiro atoms. The van der Waals surface area contributed by atoms with E-state index in [0.717, 1.165) is 19.0 Å². The average Bonchev–Trinajstić information content (AvgIpc) is 1.92. The van der Waals surface area contributed by atoms with Crippen LogP contribution in [0.5, 0.6) is 0 Å². The summed E-state index contributed by atoms with van der Waals surface area (Å²) in [7, 11) is 0. The lowest BCUT2D eigenvalue weighted by atomic mass is 9.98. The SMILES string of the molecule is CC(C)CN1CCNCC1(C)C. The Kier molecular flexibility index (Phi) is 3.13. The Morgan fingerprint density at radius 3 is 2.58 bits per heavy atom. The summed E-state index contributed by atoms with van der Waals surface area (Å²) in [5.41, 5.74) is 0.350. The molecule has 1 fully saturated rings. The van der Waals surface area contributed by atoms with E-state index in [0.29, 0.717) is 5.54 Å². The van der Waals surface area contributed by atoms with Gasteiger partial charge in [0.15, 0.2) is 0 Å². The number of nitrogens with zero attached hydrogens (tertiary/aromatic N) is 1. The quantitative estimate of drug-likeness (QED) is 0.672. The molecular weight excluding hydrogens is 148 g/mol. The highest BCUT2D eigenvalue weighted by Gasteiger charge is 2.29. The molecule has 0 aliphatic carbocycles. The third-order valence-corrected chi connectivity index (χ3v) is 2.56. The van der Waals surface area contributed by atoms with Crippen LogP contribution in [0.2, 0.25) is 0 Å². The molecule has 1 saturated heterocycles. The molecule has 0 aromatic heterocycles. The topological polar surface area (TPSA) is 15.3 Å². The van der Waals surface area contributed by atoms with Crippen molar-refractivity contribution >= 4 is 0 Å². The Hall–Kier alpha value is -0.0800. The van der Waals surface area contributed by atoms with E-state index in [1.807, 2.05) is 0 Å². The summed E-state index contributed by atoms with van der Waals surface area (Å²) < 4.78 is 0. The molecule has 1 rings (SSSR count). The highest BCUT2D eigenvalue weighted by Crippen LogP contribution is 2.17. The summed E-state index contributed by atoms with van der Waals surface area (Å²) in [4.78, 5) is 2.59. The summed E-state index contributed by atoms with van der Waals surface area (Å²) in [6, 6.07) is 0. The molecule has 2 nitrogen and oxygen atoms in total. The zero-order valence-corrected chi connectivity index (χ0v) is 8.85. The van der Waals surface area contributed by atoms with Crippen LogP contribution in [0.15, 0.2) is 0 Å². The molecule has 12 heavy (non-hydrogen) atoms. The molecular formula is C10H22N2. The maximum absolute atomic E-state index is 3.44. The van der Waals surface area contributed by atoms with Crippen molar-refractivity contribution in [3.8, 4) is 0 Å². The third kappa shape index (κ3) is 2.46. The first-order chi connectivity index (χ1) is 5.52. The molecule has 0 saturated carbocycles. The number of hydrogen-bond donors (Lipinski definition) is 1. The fraction of sp³-hybridized carbons (Fsp3) is 1.00. The molecule has 72 valence electrons. The summed E-state index contributed by atoms with van der Waals surface area (Å²) in [6.07, 6.45) is 0. The molecule has 0 unspecified atom stereocenters. The second-order valence-electron chi connectivity index (χ2n) is 4.83. The summed E-state index contributed by atoms with van der Waals surface area (Å²) in [5, 5.41) is 3.44. The number of hydrogen-bond acceptors (Lipinski definition) is 2. The van der Waals surface area contributed by atoms with Crippen LogP contribution in [-0.4, -0.2) is 36.6 Å². The lowest BCUT2D eigenvalue weighted by Crippen LogP contribution is -2.58. The van der Waals surface area contributed by atoms with Gasteiger partial charge in [0.25, 0.3) is 0 Å². The van der Waals surface area contributed by atoms with Crippen LogP contribution in [-0.2, 0) is 0 Å². The van der Waals surface area contributed by atoms with Crippen LogP contribution in [0, 0.1) is 5.92 Å². The number of nitrogens with one attached hydrogen (secondary N) is 1. The Balaban J connectivity index is 2.48. The maximum atomic E-state index is 3.44. The molecule has 0 bridgehead atoms. The predicted molar refractivity (Wildman–Crippen MR) is 53.4 cm³/mol. The van der Waals surface area contributed by atoms with E-state index in [2.05, 4.69) is 37.9 Å². The van der Waals surface area contributed by atoms with Gasteiger partial charge in [-0.3, -0.25) is 4.90 Å². The minimum Gasteiger partial charge on any atom is -0.314 e. The molecule has 2 heteroatoms. The largest absolute Gasteiger partial charge is 0.314 e. The minimum absolute atomic E-state index is 0.350. The first-order valence-electron chi connectivity index (χ1n) is 4.98. The van der Waals surface area contributed by atoms with Crippen molar-refractivity contribution in [2.75, 3.05) is 26.2 Å². The molecule has 1 heterocycles. The lowest BCUT2D eigenvalue weighted by molar-refractivity contribution is 0.0781. The van der Waals surface area contributed by atoms with E-state index < -0.39 is 0 Å². The van der Waals surface area contributed by atoms with Crippen molar-refractivity contribution in [3.05, 3.63) is 0 Å². The van der Waals surface area contributed by atoms with Crippen molar-refractivity contribution < 1.29 is 0 Å². The van der Waals surface area contributed by atoms with Gasteiger partial charge in [0.2, 0.25) is 0 Å². The Morgan fingerprint density at radius 2 is 2.08 bits per heavy atom. The van der Waals surface area contributed by atoms with Crippen LogP contribution >= 0.6 is 0 Å². The molecule has 0 amide bonds. The molecule has 0 aromatic carbocycles. The van der Waals surface area contributed by atoms with Crippen LogP contribution < -0.4 is 5.32 Å². The van der Waals surface area contributed by atoms with E-state index in [9.17, 15) is 0 Å². The smallest absolute Gasteiger partial charge is 0.0278 e. The first kappa shape index (κ1) is 10.0. The zero-order valence-electron chi connectivity index (χ0n) is 8.85. The van der Waals surface area contributed by atoms with Crippen molar-refractivity contribution in [1.29, 1.82) is 0 Å². The lowest BCUT2D eigenvalue weighted by Gasteiger charge is -2.43. The molecule has 1 aliphatic rings. The van der Waals surface area contributed by atoms with E-state index in [-0.39, 0.29) is 0 Å². The van der Waals surface area contributed by atoms with Gasteiger partial charge in [-0.25, -0.2) is 0 Å². The van der Waals surface area contributed by atoms with Gasteiger partial charge in [0.1, 0.15) is 0 Å². The fourth-order valence-electron chi connectivity index (χ4n) is 1.80. The summed E-state index contributed by atoms with van der Waals surface area (Å²) in [6.45, 7) is 13.9. The van der Waals surface area contributed by atoms with Gasteiger partial charge in [-0.1, -0.05) is 13.8 Å². The standard InChI is InChI=1S/C10H22N2/c1-9(2)7-12-6-5-11-8-10(12,3)4/h9,11H,5-8H2,1-4H3. The molecule has 1 aliphatic heterocycles. The Morgan fingerprint density at radius 1 is 1.42 bits per heavy atom. The Bertz CT molecular complexity index is 141. The van der Waals surface area contributed by atoms with Gasteiger partial charge in [-0.05, 0) is 19.8 Å². The van der Waals surface area contributed by atoms with Crippen LogP contribution in [0.4, 0.5) is 0 Å². The third-order valence-electron chi connectivity index (χ3n) is 2.56. The second kappa shape index (κ2) is 3.75. The molecule has 0 radical (unpaired) electrons. The van der Waals surface area contributed by atoms with Gasteiger partial charge in [-0.2, -0.15) is 0 Å². The highest BCUT2D eigenvalue weighted by atomic mass is 15.2. The maximum Gasteiger partial charge on any atom is 0.0278 e. The average molecular weight is 170 g/mol. The van der Waals surface area contributed by atoms with Crippen molar-refractivity contribution in [2.24, 2.45) is 5.92 Å². The van der Waals surface area contributed by atoms with Crippen molar-refractivity contribution in [1.82, 2.24) is 10.2 Å². The normalized spacial score (nSPS) is 24.8. The van der Waals surface area contributed by atoms with E-state index in [4.69, 9.17) is 0 Å². The summed E-state index contributed by atoms with van der Waals surface area (Å²) in [5.74, 6) is 0.780. The first-order valence-corrected chi connectivity index (χ1v) is 4.98. The number of piperazine rings is 1. The van der Waals surface area contributed by atoms with Gasteiger partial charge in [0, 0.05) is 31.7 Å². The van der Waals surface area contributed by atoms with Crippen LogP contribution in [0.1, 0.15) is 27.7 Å². The van der Waals surface area contributed by atoms with E-state index in [1.165, 1.54) is 13.1 Å². The zero-order chi connectivity index (χ0) is 9.19. The van der Waals surface area contributed by atoms with Gasteiger partial charge < -0.3 is 5.32 Å². The predicted octanol–water partition coefficient (Wildman–Crippen LogP) is 1.33. The highest BCUT2D eigenvalue weighted by molar-refractivity contribution is 4.88. The van der Waals surface area contributed by atoms with Crippen LogP contribution in [0.3, 0.4) is 0 Å². The monoisotopic (exact) mass is 170 g/mol. The number of rotatable bonds is 2. The minimum atomic E-state index is 0.350. The van der Waals surface area contributed by atoms with E-state index in [1.54, 1.807) is 0 Å². The van der Waals surface area contributed by atoms with Crippen molar-refractivity contribution in [2.45, 2.75) is 33.2 Å². The molecule has 0 atom stereocenters. The fourth-order valence-corrected chi connectivity index (χ4v) is 1.80. The van der Waals surface area contributed by atoms with Gasteiger partial charge in [0.05, 0.1) is 0 Å². The van der Waals surface area contributed by atoms with Crippen molar-refractivity contribution in [3.63, 3.8) is 0 Å². The molecule has 0 aromatic rings. The second-order valence-corrected chi connectivity index (χ2v) is 4.83. The van der Waals surface area contributed by atoms with E-state index >= 15 is 0 Å². The molecule has 1 N–H and O–H groups in total. The summed E-state index contributed by atoms with van der Waals surface area (Å²) >= 11 is 0. The van der Waals surface area contributed by atoms with Gasteiger partial charge >= 0.3 is 0 Å².